The number of carbonyl (C=O) groups is 2. The number of carboxylic acids is 1. The Hall–Kier alpha value is -1.68. The van der Waals surface area contributed by atoms with E-state index in [4.69, 9.17) is 5.11 Å². The first-order valence-electron chi connectivity index (χ1n) is 5.29. The molecule has 118 valence electrons. The first kappa shape index (κ1) is 18.3. The number of hydrogen-bond acceptors (Lipinski definition) is 2. The van der Waals surface area contributed by atoms with Crippen molar-refractivity contribution in [1.29, 1.82) is 0 Å². The van der Waals surface area contributed by atoms with E-state index in [0.29, 0.717) is 0 Å². The monoisotopic (exact) mass is 310 g/mol. The number of halogens is 6. The van der Waals surface area contributed by atoms with Crippen LogP contribution in [0.5, 0.6) is 0 Å². The largest absolute Gasteiger partial charge is 0.480 e. The number of hydrogen-bond donors (Lipinski definition) is 2. The molecule has 0 aliphatic heterocycles. The number of carbonyl (C=O) groups excluding carboxylic acids is 1. The quantitative estimate of drug-likeness (QED) is 0.582. The Morgan fingerprint density at radius 3 is 2.00 bits per heavy atom. The van der Waals surface area contributed by atoms with Gasteiger partial charge >= 0.3 is 24.4 Å². The zero-order valence-corrected chi connectivity index (χ0v) is 10.0. The molecule has 5 nitrogen and oxygen atoms in total. The zero-order chi connectivity index (χ0) is 16.0. The van der Waals surface area contributed by atoms with Crippen LogP contribution < -0.4 is 5.32 Å². The van der Waals surface area contributed by atoms with E-state index >= 15 is 0 Å². The predicted molar refractivity (Wildman–Crippen MR) is 54.0 cm³/mol. The van der Waals surface area contributed by atoms with Crippen molar-refractivity contribution >= 4 is 12.0 Å². The highest BCUT2D eigenvalue weighted by atomic mass is 19.4. The summed E-state index contributed by atoms with van der Waals surface area (Å²) in [6.07, 6.45) is -11.0. The fourth-order valence-corrected chi connectivity index (χ4v) is 1.18. The van der Waals surface area contributed by atoms with Crippen molar-refractivity contribution in [2.24, 2.45) is 0 Å². The highest BCUT2D eigenvalue weighted by Gasteiger charge is 2.34. The fourth-order valence-electron chi connectivity index (χ4n) is 1.18. The molecular formula is C9H12F6N2O3. The molecule has 0 aromatic rings. The minimum atomic E-state index is -4.81. The van der Waals surface area contributed by atoms with Crippen LogP contribution >= 0.6 is 0 Å². The number of carboxylic acid groups (broad SMARTS) is 1. The third kappa shape index (κ3) is 10.3. The summed E-state index contributed by atoms with van der Waals surface area (Å²) in [7, 11) is 0. The van der Waals surface area contributed by atoms with E-state index in [0.717, 1.165) is 0 Å². The lowest BCUT2D eigenvalue weighted by Gasteiger charge is -2.22. The molecule has 0 radical (unpaired) electrons. The molecule has 0 heterocycles. The maximum atomic E-state index is 12.1. The molecule has 2 N–H and O–H groups in total. The number of aliphatic carboxylic acids is 1. The molecule has 0 aliphatic rings. The van der Waals surface area contributed by atoms with Gasteiger partial charge in [-0.25, -0.2) is 4.79 Å². The van der Waals surface area contributed by atoms with E-state index in [1.54, 1.807) is 5.32 Å². The lowest BCUT2D eigenvalue weighted by molar-refractivity contribution is -0.148. The first-order chi connectivity index (χ1) is 8.91. The number of nitrogens with zero attached hydrogens (tertiary/aromatic N) is 1. The van der Waals surface area contributed by atoms with Crippen LogP contribution in [0.1, 0.15) is 12.8 Å². The normalized spacial score (nSPS) is 12.1. The average Bonchev–Trinajstić information content (AvgIpc) is 2.19. The van der Waals surface area contributed by atoms with Crippen molar-refractivity contribution in [3.8, 4) is 0 Å². The Morgan fingerprint density at radius 1 is 1.05 bits per heavy atom. The van der Waals surface area contributed by atoms with Crippen molar-refractivity contribution in [2.45, 2.75) is 25.2 Å². The topological polar surface area (TPSA) is 69.6 Å². The lowest BCUT2D eigenvalue weighted by Crippen LogP contribution is -2.47. The van der Waals surface area contributed by atoms with Gasteiger partial charge in [0.2, 0.25) is 0 Å². The van der Waals surface area contributed by atoms with Crippen molar-refractivity contribution < 1.29 is 41.0 Å². The summed E-state index contributed by atoms with van der Waals surface area (Å²) >= 11 is 0. The van der Waals surface area contributed by atoms with Crippen LogP contribution in [-0.2, 0) is 4.79 Å². The van der Waals surface area contributed by atoms with Gasteiger partial charge in [0.1, 0.15) is 13.1 Å². The van der Waals surface area contributed by atoms with Gasteiger partial charge in [-0.15, -0.1) is 0 Å². The molecular weight excluding hydrogens is 298 g/mol. The predicted octanol–water partition coefficient (Wildman–Crippen LogP) is 1.99. The molecule has 0 aliphatic carbocycles. The summed E-state index contributed by atoms with van der Waals surface area (Å²) in [6.45, 7) is -3.51. The molecule has 0 bridgehead atoms. The molecule has 11 heteroatoms. The van der Waals surface area contributed by atoms with Crippen LogP contribution in [0, 0.1) is 0 Å². The van der Waals surface area contributed by atoms with Gasteiger partial charge in [-0.1, -0.05) is 0 Å². The number of amides is 2. The van der Waals surface area contributed by atoms with Crippen molar-refractivity contribution in [1.82, 2.24) is 10.2 Å². The second kappa shape index (κ2) is 7.20. The second-order valence-electron chi connectivity index (χ2n) is 3.82. The van der Waals surface area contributed by atoms with Crippen LogP contribution in [-0.4, -0.2) is 54.0 Å². The standard InChI is InChI=1S/C9H12F6N2O3/c10-8(11,12)2-1-3-16-7(20)17(4-6(18)19)5-9(13,14)15/h1-5H2,(H,16,20)(H,18,19). The van der Waals surface area contributed by atoms with Gasteiger partial charge < -0.3 is 15.3 Å². The van der Waals surface area contributed by atoms with E-state index in [2.05, 4.69) is 0 Å². The third-order valence-corrected chi connectivity index (χ3v) is 1.90. The van der Waals surface area contributed by atoms with Gasteiger partial charge in [-0.2, -0.15) is 26.3 Å². The minimum absolute atomic E-state index is 0.0457. The minimum Gasteiger partial charge on any atom is -0.480 e. The highest BCUT2D eigenvalue weighted by molar-refractivity contribution is 5.80. The van der Waals surface area contributed by atoms with Crippen molar-refractivity contribution in [3.05, 3.63) is 0 Å². The van der Waals surface area contributed by atoms with E-state index in [-0.39, 0.29) is 4.90 Å². The first-order valence-corrected chi connectivity index (χ1v) is 5.29. The Labute approximate surface area is 109 Å². The summed E-state index contributed by atoms with van der Waals surface area (Å²) in [5.41, 5.74) is 0. The third-order valence-electron chi connectivity index (χ3n) is 1.90. The maximum absolute atomic E-state index is 12.1. The number of alkyl halides is 6. The van der Waals surface area contributed by atoms with Crippen molar-refractivity contribution in [2.75, 3.05) is 19.6 Å². The van der Waals surface area contributed by atoms with Crippen molar-refractivity contribution in [3.63, 3.8) is 0 Å². The Kier molecular flexibility index (Phi) is 6.59. The van der Waals surface area contributed by atoms with Gasteiger partial charge in [0, 0.05) is 13.0 Å². The number of nitrogens with one attached hydrogen (secondary N) is 1. The lowest BCUT2D eigenvalue weighted by atomic mass is 10.3. The Morgan fingerprint density at radius 2 is 1.60 bits per heavy atom. The van der Waals surface area contributed by atoms with E-state index in [1.807, 2.05) is 0 Å². The summed E-state index contributed by atoms with van der Waals surface area (Å²) in [6, 6.07) is -1.38. The molecule has 0 spiro atoms. The molecule has 2 amide bonds. The van der Waals surface area contributed by atoms with Gasteiger partial charge in [0.25, 0.3) is 0 Å². The van der Waals surface area contributed by atoms with Crippen LogP contribution in [0.4, 0.5) is 31.1 Å². The van der Waals surface area contributed by atoms with Crippen LogP contribution in [0.15, 0.2) is 0 Å². The van der Waals surface area contributed by atoms with Gasteiger partial charge in [0.15, 0.2) is 0 Å². The number of urea groups is 1. The van der Waals surface area contributed by atoms with Crippen LogP contribution in [0.2, 0.25) is 0 Å². The summed E-state index contributed by atoms with van der Waals surface area (Å²) in [5.74, 6) is -1.67. The fraction of sp³-hybridized carbons (Fsp3) is 0.778. The molecule has 0 saturated carbocycles. The highest BCUT2D eigenvalue weighted by Crippen LogP contribution is 2.20. The van der Waals surface area contributed by atoms with Gasteiger partial charge in [-0.05, 0) is 6.42 Å². The smallest absolute Gasteiger partial charge is 0.406 e. The molecule has 0 saturated heterocycles. The molecule has 0 unspecified atom stereocenters. The van der Waals surface area contributed by atoms with Crippen LogP contribution in [0.3, 0.4) is 0 Å². The van der Waals surface area contributed by atoms with Crippen LogP contribution in [0.25, 0.3) is 0 Å². The van der Waals surface area contributed by atoms with E-state index in [1.165, 1.54) is 0 Å². The zero-order valence-electron chi connectivity index (χ0n) is 10.0. The average molecular weight is 310 g/mol. The van der Waals surface area contributed by atoms with Gasteiger partial charge in [-0.3, -0.25) is 4.79 Å². The van der Waals surface area contributed by atoms with E-state index < -0.39 is 56.8 Å². The molecule has 0 aromatic carbocycles. The van der Waals surface area contributed by atoms with Gasteiger partial charge in [0.05, 0.1) is 0 Å². The molecule has 0 aromatic heterocycles. The molecule has 0 fully saturated rings. The Bertz CT molecular complexity index is 342. The molecule has 20 heavy (non-hydrogen) atoms. The number of rotatable bonds is 6. The summed E-state index contributed by atoms with van der Waals surface area (Å²) in [5, 5.41) is 10.2. The molecule has 0 atom stereocenters. The summed E-state index contributed by atoms with van der Waals surface area (Å²) < 4.78 is 71.6. The molecule has 0 rings (SSSR count). The maximum Gasteiger partial charge on any atom is 0.406 e. The second-order valence-corrected chi connectivity index (χ2v) is 3.82. The SMILES string of the molecule is O=C(O)CN(CC(F)(F)F)C(=O)NCCCC(F)(F)F. The Balaban J connectivity index is 4.31. The summed E-state index contributed by atoms with van der Waals surface area (Å²) in [4.78, 5) is 21.5. The van der Waals surface area contributed by atoms with E-state index in [9.17, 15) is 35.9 Å².